The number of benzene rings is 1. The fourth-order valence-corrected chi connectivity index (χ4v) is 4.36. The Morgan fingerprint density at radius 1 is 0.531 bits per heavy atom. The molecule has 2 heterocycles. The van der Waals surface area contributed by atoms with Crippen LogP contribution in [0.2, 0.25) is 0 Å². The normalized spacial score (nSPS) is 12.6. The lowest BCUT2D eigenvalue weighted by molar-refractivity contribution is 1.26. The number of rotatable bonds is 0. The molecule has 5 rings (SSSR count). The van der Waals surface area contributed by atoms with Crippen LogP contribution in [-0.4, -0.2) is 9.97 Å². The molecule has 0 aliphatic heterocycles. The monoisotopic (exact) mass is 406 g/mol. The Kier molecular flexibility index (Phi) is 4.20. The zero-order chi connectivity index (χ0) is 22.2. The van der Waals surface area contributed by atoms with Gasteiger partial charge in [-0.05, 0) is 23.3 Å². The molecule has 32 heavy (non-hydrogen) atoms. The molecule has 6 heteroatoms. The van der Waals surface area contributed by atoms with E-state index in [1.54, 1.807) is 48.8 Å². The maximum atomic E-state index is 9.78. The SMILES string of the molecule is N#CC(C#N)=C1C(=C2c3cccnc3-c3ncccc32)C(=C(C#N)C#N)c2ccccc21. The van der Waals surface area contributed by atoms with E-state index in [0.29, 0.717) is 44.8 Å². The third kappa shape index (κ3) is 2.42. The molecule has 6 nitrogen and oxygen atoms in total. The first-order chi connectivity index (χ1) is 15.7. The highest BCUT2D eigenvalue weighted by atomic mass is 14.8. The summed E-state index contributed by atoms with van der Waals surface area (Å²) in [4.78, 5) is 9.01. The Balaban J connectivity index is 2.08. The summed E-state index contributed by atoms with van der Waals surface area (Å²) in [7, 11) is 0. The molecule has 0 amide bonds. The van der Waals surface area contributed by atoms with Gasteiger partial charge in [0.25, 0.3) is 0 Å². The second-order valence-electron chi connectivity index (χ2n) is 7.04. The van der Waals surface area contributed by atoms with Gasteiger partial charge in [-0.1, -0.05) is 36.4 Å². The van der Waals surface area contributed by atoms with Gasteiger partial charge in [0, 0.05) is 45.8 Å². The van der Waals surface area contributed by atoms with Crippen molar-refractivity contribution in [1.82, 2.24) is 9.97 Å². The second kappa shape index (κ2) is 7.19. The van der Waals surface area contributed by atoms with Gasteiger partial charge in [-0.15, -0.1) is 0 Å². The summed E-state index contributed by atoms with van der Waals surface area (Å²) in [6.45, 7) is 0. The number of fused-ring (bicyclic) bond motifs is 4. The van der Waals surface area contributed by atoms with E-state index in [0.717, 1.165) is 11.1 Å². The van der Waals surface area contributed by atoms with Crippen molar-refractivity contribution in [3.63, 3.8) is 0 Å². The topological polar surface area (TPSA) is 121 Å². The van der Waals surface area contributed by atoms with Crippen molar-refractivity contribution in [3.05, 3.63) is 99.9 Å². The third-order valence-electron chi connectivity index (χ3n) is 5.54. The number of nitriles is 4. The Morgan fingerprint density at radius 2 is 0.938 bits per heavy atom. The van der Waals surface area contributed by atoms with Crippen molar-refractivity contribution >= 4 is 16.7 Å². The molecule has 1 aromatic carbocycles. The first-order valence-electron chi connectivity index (χ1n) is 9.60. The second-order valence-corrected chi connectivity index (χ2v) is 7.04. The molecule has 0 N–H and O–H groups in total. The summed E-state index contributed by atoms with van der Waals surface area (Å²) in [5.74, 6) is 0. The lowest BCUT2D eigenvalue weighted by Gasteiger charge is -2.12. The average molecular weight is 406 g/mol. The molecule has 0 saturated heterocycles. The predicted molar refractivity (Wildman–Crippen MR) is 116 cm³/mol. The Bertz CT molecular complexity index is 1460. The Morgan fingerprint density at radius 3 is 1.34 bits per heavy atom. The number of aromatic nitrogens is 2. The van der Waals surface area contributed by atoms with E-state index in [1.165, 1.54) is 0 Å². The summed E-state index contributed by atoms with van der Waals surface area (Å²) in [6.07, 6.45) is 3.35. The smallest absolute Gasteiger partial charge is 0.138 e. The van der Waals surface area contributed by atoms with Crippen LogP contribution in [0.1, 0.15) is 22.3 Å². The van der Waals surface area contributed by atoms with E-state index >= 15 is 0 Å². The van der Waals surface area contributed by atoms with Gasteiger partial charge in [-0.3, -0.25) is 9.97 Å². The van der Waals surface area contributed by atoms with Crippen molar-refractivity contribution in [3.8, 4) is 35.7 Å². The molecule has 144 valence electrons. The minimum atomic E-state index is -0.0899. The summed E-state index contributed by atoms with van der Waals surface area (Å²) in [5, 5.41) is 39.1. The molecule has 0 fully saturated rings. The van der Waals surface area contributed by atoms with Crippen molar-refractivity contribution in [2.24, 2.45) is 0 Å². The van der Waals surface area contributed by atoms with Crippen LogP contribution < -0.4 is 0 Å². The Hall–Kier alpha value is -5.30. The van der Waals surface area contributed by atoms with Crippen LogP contribution in [0.5, 0.6) is 0 Å². The summed E-state index contributed by atoms with van der Waals surface area (Å²) < 4.78 is 0. The zero-order valence-electron chi connectivity index (χ0n) is 16.5. The van der Waals surface area contributed by atoms with Crippen LogP contribution in [0.25, 0.3) is 28.1 Å². The standard InChI is InChI=1S/C26H10N6/c27-11-15(12-28)21-17-5-1-2-6-18(17)22(16(13-29)14-30)24(21)23-19-7-3-9-31-25(19)26-20(23)8-4-10-32-26/h1-10H. The molecule has 0 unspecified atom stereocenters. The van der Waals surface area contributed by atoms with Gasteiger partial charge >= 0.3 is 0 Å². The highest BCUT2D eigenvalue weighted by Crippen LogP contribution is 2.55. The fourth-order valence-electron chi connectivity index (χ4n) is 4.36. The number of hydrogen-bond donors (Lipinski definition) is 0. The summed E-state index contributed by atoms with van der Waals surface area (Å²) in [5.41, 5.74) is 5.98. The maximum Gasteiger partial charge on any atom is 0.138 e. The van der Waals surface area contributed by atoms with Crippen LogP contribution >= 0.6 is 0 Å². The lowest BCUT2D eigenvalue weighted by Crippen LogP contribution is -1.96. The first-order valence-corrected chi connectivity index (χ1v) is 9.60. The Labute approximate surface area is 183 Å². The molecule has 0 radical (unpaired) electrons. The van der Waals surface area contributed by atoms with E-state index in [9.17, 15) is 21.0 Å². The van der Waals surface area contributed by atoms with Gasteiger partial charge in [-0.25, -0.2) is 0 Å². The van der Waals surface area contributed by atoms with Crippen molar-refractivity contribution in [2.75, 3.05) is 0 Å². The highest BCUT2D eigenvalue weighted by Gasteiger charge is 2.38. The molecule has 2 aliphatic rings. The molecule has 3 aromatic rings. The first kappa shape index (κ1) is 18.7. The molecule has 0 saturated carbocycles. The van der Waals surface area contributed by atoms with Crippen molar-refractivity contribution < 1.29 is 0 Å². The summed E-state index contributed by atoms with van der Waals surface area (Å²) in [6, 6.07) is 22.5. The maximum absolute atomic E-state index is 9.78. The molecule has 2 aliphatic carbocycles. The molecule has 0 spiro atoms. The van der Waals surface area contributed by atoms with Crippen LogP contribution in [0, 0.1) is 45.3 Å². The molecular weight excluding hydrogens is 396 g/mol. The van der Waals surface area contributed by atoms with E-state index in [-0.39, 0.29) is 11.1 Å². The highest BCUT2D eigenvalue weighted by molar-refractivity contribution is 6.20. The van der Waals surface area contributed by atoms with Gasteiger partial charge in [-0.2, -0.15) is 21.0 Å². The van der Waals surface area contributed by atoms with Gasteiger partial charge in [0.05, 0.1) is 11.4 Å². The van der Waals surface area contributed by atoms with Gasteiger partial charge in [0.1, 0.15) is 35.4 Å². The van der Waals surface area contributed by atoms with Crippen LogP contribution in [-0.2, 0) is 0 Å². The van der Waals surface area contributed by atoms with Gasteiger partial charge < -0.3 is 0 Å². The number of pyridine rings is 2. The van der Waals surface area contributed by atoms with Crippen LogP contribution in [0.3, 0.4) is 0 Å². The summed E-state index contributed by atoms with van der Waals surface area (Å²) >= 11 is 0. The van der Waals surface area contributed by atoms with E-state index < -0.39 is 0 Å². The largest absolute Gasteiger partial charge is 0.254 e. The zero-order valence-corrected chi connectivity index (χ0v) is 16.5. The average Bonchev–Trinajstić information content (AvgIpc) is 3.34. The third-order valence-corrected chi connectivity index (χ3v) is 5.54. The van der Waals surface area contributed by atoms with Crippen molar-refractivity contribution in [1.29, 1.82) is 21.0 Å². The van der Waals surface area contributed by atoms with Gasteiger partial charge in [0.2, 0.25) is 0 Å². The minimum absolute atomic E-state index is 0.0899. The van der Waals surface area contributed by atoms with Crippen LogP contribution in [0.15, 0.2) is 77.6 Å². The fraction of sp³-hybridized carbons (Fsp3) is 0. The van der Waals surface area contributed by atoms with Crippen LogP contribution in [0.4, 0.5) is 0 Å². The predicted octanol–water partition coefficient (Wildman–Crippen LogP) is 4.57. The molecule has 0 bridgehead atoms. The number of hydrogen-bond acceptors (Lipinski definition) is 6. The van der Waals surface area contributed by atoms with E-state index in [2.05, 4.69) is 9.97 Å². The number of allylic oxidation sites excluding steroid dienone is 5. The minimum Gasteiger partial charge on any atom is -0.254 e. The van der Waals surface area contributed by atoms with E-state index in [4.69, 9.17) is 0 Å². The number of nitrogens with zero attached hydrogens (tertiary/aromatic N) is 6. The quantitative estimate of drug-likeness (QED) is 0.394. The van der Waals surface area contributed by atoms with E-state index in [1.807, 2.05) is 36.4 Å². The lowest BCUT2D eigenvalue weighted by atomic mass is 9.88. The van der Waals surface area contributed by atoms with Crippen molar-refractivity contribution in [2.45, 2.75) is 0 Å². The molecule has 0 atom stereocenters. The molecular formula is C26H10N6. The van der Waals surface area contributed by atoms with Gasteiger partial charge in [0.15, 0.2) is 0 Å². The molecule has 2 aromatic heterocycles.